The molecular formula is C23H17N3O3. The van der Waals surface area contributed by atoms with Gasteiger partial charge in [-0.1, -0.05) is 60.7 Å². The van der Waals surface area contributed by atoms with E-state index in [0.717, 1.165) is 15.8 Å². The topological polar surface area (TPSA) is 85.1 Å². The molecule has 0 unspecified atom stereocenters. The van der Waals surface area contributed by atoms with E-state index in [1.807, 2.05) is 60.7 Å². The van der Waals surface area contributed by atoms with Gasteiger partial charge in [-0.15, -0.1) is 0 Å². The van der Waals surface area contributed by atoms with Crippen LogP contribution in [-0.2, 0) is 11.3 Å². The van der Waals surface area contributed by atoms with E-state index in [1.54, 1.807) is 24.5 Å². The van der Waals surface area contributed by atoms with Crippen LogP contribution < -0.4 is 5.56 Å². The van der Waals surface area contributed by atoms with Crippen molar-refractivity contribution in [3.05, 3.63) is 95.5 Å². The molecule has 0 aliphatic heterocycles. The van der Waals surface area contributed by atoms with Crippen molar-refractivity contribution in [1.29, 1.82) is 0 Å². The van der Waals surface area contributed by atoms with E-state index in [2.05, 4.69) is 10.1 Å². The van der Waals surface area contributed by atoms with E-state index in [9.17, 15) is 14.7 Å². The number of pyridine rings is 1. The first-order valence-corrected chi connectivity index (χ1v) is 9.03. The Kier molecular flexibility index (Phi) is 4.99. The van der Waals surface area contributed by atoms with E-state index in [0.29, 0.717) is 22.4 Å². The van der Waals surface area contributed by atoms with Gasteiger partial charge in [-0.25, -0.2) is 4.68 Å². The van der Waals surface area contributed by atoms with Crippen molar-refractivity contribution >= 4 is 5.97 Å². The number of rotatable bonds is 5. The highest BCUT2D eigenvalue weighted by Gasteiger charge is 2.22. The fourth-order valence-corrected chi connectivity index (χ4v) is 3.28. The molecule has 29 heavy (non-hydrogen) atoms. The number of hydrogen-bond acceptors (Lipinski definition) is 4. The Morgan fingerprint density at radius 1 is 0.793 bits per heavy atom. The number of carboxylic acids is 1. The fourth-order valence-electron chi connectivity index (χ4n) is 3.28. The van der Waals surface area contributed by atoms with Gasteiger partial charge in [0.2, 0.25) is 0 Å². The number of aromatic nitrogens is 3. The minimum absolute atomic E-state index is 0.397. The molecule has 0 amide bonds. The maximum absolute atomic E-state index is 13.3. The third-order valence-corrected chi connectivity index (χ3v) is 4.52. The summed E-state index contributed by atoms with van der Waals surface area (Å²) in [4.78, 5) is 28.7. The van der Waals surface area contributed by atoms with Crippen LogP contribution in [0.15, 0.2) is 90.0 Å². The van der Waals surface area contributed by atoms with Crippen LogP contribution in [0.25, 0.3) is 33.5 Å². The summed E-state index contributed by atoms with van der Waals surface area (Å²) >= 11 is 0. The Morgan fingerprint density at radius 2 is 1.34 bits per heavy atom. The summed E-state index contributed by atoms with van der Waals surface area (Å²) < 4.78 is 1.01. The Hall–Kier alpha value is -4.06. The number of nitrogens with zero attached hydrogens (tertiary/aromatic N) is 3. The van der Waals surface area contributed by atoms with Gasteiger partial charge in [-0.3, -0.25) is 14.6 Å². The Labute approximate surface area is 166 Å². The summed E-state index contributed by atoms with van der Waals surface area (Å²) in [6.45, 7) is -0.522. The van der Waals surface area contributed by atoms with Gasteiger partial charge in [0.1, 0.15) is 6.54 Å². The second-order valence-electron chi connectivity index (χ2n) is 6.42. The van der Waals surface area contributed by atoms with E-state index in [1.165, 1.54) is 0 Å². The SMILES string of the molecule is O=C(O)Cn1nc(-c2ccccc2)c(-c2ccccc2)c(-c2ccncc2)c1=O. The van der Waals surface area contributed by atoms with E-state index in [4.69, 9.17) is 0 Å². The van der Waals surface area contributed by atoms with Gasteiger partial charge in [-0.2, -0.15) is 5.10 Å². The van der Waals surface area contributed by atoms with E-state index in [-0.39, 0.29) is 0 Å². The molecule has 1 N–H and O–H groups in total. The highest BCUT2D eigenvalue weighted by atomic mass is 16.4. The molecule has 0 spiro atoms. The average molecular weight is 383 g/mol. The molecule has 4 rings (SSSR count). The molecule has 2 heterocycles. The van der Waals surface area contributed by atoms with Crippen molar-refractivity contribution in [2.75, 3.05) is 0 Å². The maximum Gasteiger partial charge on any atom is 0.325 e. The zero-order valence-electron chi connectivity index (χ0n) is 15.4. The van der Waals surface area contributed by atoms with Gasteiger partial charge in [0.05, 0.1) is 11.3 Å². The number of hydrogen-bond donors (Lipinski definition) is 1. The number of carbonyl (C=O) groups is 1. The van der Waals surface area contributed by atoms with Crippen molar-refractivity contribution in [3.8, 4) is 33.5 Å². The average Bonchev–Trinajstić information content (AvgIpc) is 2.76. The van der Waals surface area contributed by atoms with E-state index >= 15 is 0 Å². The van der Waals surface area contributed by atoms with Crippen molar-refractivity contribution in [2.24, 2.45) is 0 Å². The van der Waals surface area contributed by atoms with E-state index < -0.39 is 18.1 Å². The highest BCUT2D eigenvalue weighted by molar-refractivity contribution is 5.92. The molecule has 4 aromatic rings. The molecule has 0 saturated carbocycles. The summed E-state index contributed by atoms with van der Waals surface area (Å²) in [6.07, 6.45) is 3.21. The lowest BCUT2D eigenvalue weighted by Crippen LogP contribution is -2.29. The van der Waals surface area contributed by atoms with Crippen molar-refractivity contribution in [3.63, 3.8) is 0 Å². The molecule has 0 bridgehead atoms. The first-order valence-electron chi connectivity index (χ1n) is 9.03. The molecule has 0 saturated heterocycles. The van der Waals surface area contributed by atoms with Gasteiger partial charge in [0.25, 0.3) is 5.56 Å². The second kappa shape index (κ2) is 7.90. The third-order valence-electron chi connectivity index (χ3n) is 4.52. The normalized spacial score (nSPS) is 10.6. The summed E-state index contributed by atoms with van der Waals surface area (Å²) in [6, 6.07) is 22.4. The lowest BCUT2D eigenvalue weighted by atomic mass is 9.92. The minimum Gasteiger partial charge on any atom is -0.480 e. The second-order valence-corrected chi connectivity index (χ2v) is 6.42. The smallest absolute Gasteiger partial charge is 0.325 e. The largest absolute Gasteiger partial charge is 0.480 e. The zero-order chi connectivity index (χ0) is 20.2. The Morgan fingerprint density at radius 3 is 1.93 bits per heavy atom. The standard InChI is InChI=1S/C23H17N3O3/c27-19(28)15-26-23(29)21(17-11-13-24-14-12-17)20(16-7-3-1-4-8-16)22(25-26)18-9-5-2-6-10-18/h1-14H,15H2,(H,27,28). The molecule has 0 radical (unpaired) electrons. The molecule has 6 nitrogen and oxygen atoms in total. The van der Waals surface area contributed by atoms with Crippen LogP contribution >= 0.6 is 0 Å². The molecule has 0 aliphatic carbocycles. The van der Waals surface area contributed by atoms with Crippen molar-refractivity contribution in [1.82, 2.24) is 14.8 Å². The summed E-state index contributed by atoms with van der Waals surface area (Å²) in [5, 5.41) is 13.7. The zero-order valence-corrected chi connectivity index (χ0v) is 15.4. The van der Waals surface area contributed by atoms with Crippen molar-refractivity contribution in [2.45, 2.75) is 6.54 Å². The third kappa shape index (κ3) is 3.68. The maximum atomic E-state index is 13.3. The van der Waals surface area contributed by atoms with Gasteiger partial charge in [0.15, 0.2) is 0 Å². The molecular weight excluding hydrogens is 366 g/mol. The van der Waals surface area contributed by atoms with Crippen LogP contribution in [0.5, 0.6) is 0 Å². The first kappa shape index (κ1) is 18.3. The van der Waals surface area contributed by atoms with Crippen LogP contribution in [0.3, 0.4) is 0 Å². The molecule has 2 aromatic heterocycles. The molecule has 0 atom stereocenters. The van der Waals surface area contributed by atoms with Gasteiger partial charge in [0, 0.05) is 23.5 Å². The van der Waals surface area contributed by atoms with Crippen LogP contribution in [0.1, 0.15) is 0 Å². The Balaban J connectivity index is 2.14. The number of aliphatic carboxylic acids is 1. The fraction of sp³-hybridized carbons (Fsp3) is 0.0435. The summed E-state index contributed by atoms with van der Waals surface area (Å²) in [7, 11) is 0. The molecule has 0 aliphatic rings. The van der Waals surface area contributed by atoms with Gasteiger partial charge >= 0.3 is 5.97 Å². The van der Waals surface area contributed by atoms with Crippen LogP contribution in [0, 0.1) is 0 Å². The molecule has 6 heteroatoms. The molecule has 0 fully saturated rings. The molecule has 142 valence electrons. The van der Waals surface area contributed by atoms with Gasteiger partial charge in [-0.05, 0) is 23.3 Å². The van der Waals surface area contributed by atoms with Crippen LogP contribution in [0.2, 0.25) is 0 Å². The molecule has 2 aromatic carbocycles. The predicted molar refractivity (Wildman–Crippen MR) is 110 cm³/mol. The predicted octanol–water partition coefficient (Wildman–Crippen LogP) is 3.72. The van der Waals surface area contributed by atoms with Crippen LogP contribution in [0.4, 0.5) is 0 Å². The lowest BCUT2D eigenvalue weighted by Gasteiger charge is -2.17. The van der Waals surface area contributed by atoms with Crippen LogP contribution in [-0.4, -0.2) is 25.8 Å². The lowest BCUT2D eigenvalue weighted by molar-refractivity contribution is -0.137. The quantitative estimate of drug-likeness (QED) is 0.568. The Bertz CT molecular complexity index is 1200. The number of carboxylic acid groups (broad SMARTS) is 1. The highest BCUT2D eigenvalue weighted by Crippen LogP contribution is 2.36. The summed E-state index contributed by atoms with van der Waals surface area (Å²) in [5.41, 5.74) is 3.42. The number of benzene rings is 2. The monoisotopic (exact) mass is 383 g/mol. The van der Waals surface area contributed by atoms with Crippen molar-refractivity contribution < 1.29 is 9.90 Å². The van der Waals surface area contributed by atoms with Gasteiger partial charge < -0.3 is 5.11 Å². The summed E-state index contributed by atoms with van der Waals surface area (Å²) in [5.74, 6) is -1.13. The minimum atomic E-state index is -1.13. The first-order chi connectivity index (χ1) is 14.1.